The Hall–Kier alpha value is -1.35. The summed E-state index contributed by atoms with van der Waals surface area (Å²) < 4.78 is 0. The highest BCUT2D eigenvalue weighted by atomic mass is 16.3. The summed E-state index contributed by atoms with van der Waals surface area (Å²) in [7, 11) is 0. The normalized spacial score (nSPS) is 21.7. The molecule has 0 radical (unpaired) electrons. The summed E-state index contributed by atoms with van der Waals surface area (Å²) in [6.07, 6.45) is 4.17. The quantitative estimate of drug-likeness (QED) is 0.514. The van der Waals surface area contributed by atoms with Crippen molar-refractivity contribution in [1.82, 2.24) is 15.0 Å². The molecule has 1 aromatic rings. The summed E-state index contributed by atoms with van der Waals surface area (Å²) in [6.45, 7) is 0.819. The molecule has 8 nitrogen and oxygen atoms in total. The molecular weight excluding hydrogens is 300 g/mol. The van der Waals surface area contributed by atoms with Gasteiger partial charge in [0.1, 0.15) is 25.1 Å². The Kier molecular flexibility index (Phi) is 6.64. The summed E-state index contributed by atoms with van der Waals surface area (Å²) in [5, 5.41) is 37.4. The van der Waals surface area contributed by atoms with Crippen molar-refractivity contribution >= 4 is 5.95 Å². The number of nitrogens with zero attached hydrogens (tertiary/aromatic N) is 4. The van der Waals surface area contributed by atoms with Crippen LogP contribution < -0.4 is 4.90 Å². The number of aromatic nitrogens is 3. The molecule has 0 spiro atoms. The van der Waals surface area contributed by atoms with Crippen LogP contribution in [0.5, 0.6) is 0 Å². The van der Waals surface area contributed by atoms with E-state index in [0.29, 0.717) is 17.6 Å². The molecule has 2 rings (SSSR count). The number of hydrogen-bond acceptors (Lipinski definition) is 8. The molecule has 1 heterocycles. The lowest BCUT2D eigenvalue weighted by molar-refractivity contribution is 0.186. The highest BCUT2D eigenvalue weighted by Crippen LogP contribution is 2.34. The lowest BCUT2D eigenvalue weighted by atomic mass is 9.82. The van der Waals surface area contributed by atoms with Gasteiger partial charge in [-0.15, -0.1) is 0 Å². The standard InChI is InChI=1S/C15H26N4O4/c1-10-2-4-11(5-3-10)13-16-14(12(6-20)7-21)18-15(17-13)19(8-22)9-23/h10-12,20-23H,2-9H2,1H3. The third-order valence-electron chi connectivity index (χ3n) is 4.47. The maximum Gasteiger partial charge on any atom is 0.232 e. The molecule has 130 valence electrons. The molecule has 1 fully saturated rings. The van der Waals surface area contributed by atoms with E-state index < -0.39 is 19.4 Å². The lowest BCUT2D eigenvalue weighted by Crippen LogP contribution is -2.29. The largest absolute Gasteiger partial charge is 0.396 e. The Labute approximate surface area is 135 Å². The van der Waals surface area contributed by atoms with Crippen LogP contribution in [0.25, 0.3) is 0 Å². The lowest BCUT2D eigenvalue weighted by Gasteiger charge is -2.26. The van der Waals surface area contributed by atoms with Crippen LogP contribution in [0.15, 0.2) is 0 Å². The minimum Gasteiger partial charge on any atom is -0.396 e. The fraction of sp³-hybridized carbons (Fsp3) is 0.800. The van der Waals surface area contributed by atoms with Crippen molar-refractivity contribution in [2.24, 2.45) is 5.92 Å². The van der Waals surface area contributed by atoms with E-state index in [2.05, 4.69) is 21.9 Å². The number of anilines is 1. The number of hydrogen-bond donors (Lipinski definition) is 4. The van der Waals surface area contributed by atoms with Crippen LogP contribution in [0.4, 0.5) is 5.95 Å². The highest BCUT2D eigenvalue weighted by Gasteiger charge is 2.25. The van der Waals surface area contributed by atoms with Gasteiger partial charge in [-0.05, 0) is 18.8 Å². The molecule has 1 aliphatic rings. The van der Waals surface area contributed by atoms with Crippen LogP contribution in [-0.4, -0.2) is 62.1 Å². The molecule has 1 aromatic heterocycles. The van der Waals surface area contributed by atoms with Gasteiger partial charge >= 0.3 is 0 Å². The van der Waals surface area contributed by atoms with Gasteiger partial charge < -0.3 is 20.4 Å². The summed E-state index contributed by atoms with van der Waals surface area (Å²) >= 11 is 0. The van der Waals surface area contributed by atoms with Crippen molar-refractivity contribution in [3.05, 3.63) is 11.6 Å². The van der Waals surface area contributed by atoms with Crippen molar-refractivity contribution in [3.63, 3.8) is 0 Å². The first kappa shape index (κ1) is 18.0. The monoisotopic (exact) mass is 326 g/mol. The van der Waals surface area contributed by atoms with Crippen LogP contribution in [0.3, 0.4) is 0 Å². The van der Waals surface area contributed by atoms with Crippen molar-refractivity contribution < 1.29 is 20.4 Å². The molecule has 0 aromatic carbocycles. The molecule has 0 aliphatic heterocycles. The predicted octanol–water partition coefficient (Wildman–Crippen LogP) is -0.0605. The molecule has 0 amide bonds. The second-order valence-corrected chi connectivity index (χ2v) is 6.19. The first-order chi connectivity index (χ1) is 11.1. The van der Waals surface area contributed by atoms with E-state index in [1.807, 2.05) is 0 Å². The van der Waals surface area contributed by atoms with E-state index >= 15 is 0 Å². The predicted molar refractivity (Wildman–Crippen MR) is 83.8 cm³/mol. The topological polar surface area (TPSA) is 123 Å². The van der Waals surface area contributed by atoms with Crippen LogP contribution in [0.2, 0.25) is 0 Å². The molecule has 1 aliphatic carbocycles. The van der Waals surface area contributed by atoms with E-state index in [1.54, 1.807) is 0 Å². The zero-order chi connectivity index (χ0) is 16.8. The van der Waals surface area contributed by atoms with Gasteiger partial charge in [0.2, 0.25) is 5.95 Å². The SMILES string of the molecule is CC1CCC(c2nc(C(CO)CO)nc(N(CO)CO)n2)CC1. The molecule has 23 heavy (non-hydrogen) atoms. The minimum absolute atomic E-state index is 0.167. The molecule has 0 bridgehead atoms. The van der Waals surface area contributed by atoms with Crippen LogP contribution in [0.1, 0.15) is 56.1 Å². The third kappa shape index (κ3) is 4.35. The molecule has 1 saturated carbocycles. The third-order valence-corrected chi connectivity index (χ3v) is 4.47. The van der Waals surface area contributed by atoms with Gasteiger partial charge in [-0.2, -0.15) is 9.97 Å². The fourth-order valence-electron chi connectivity index (χ4n) is 2.81. The first-order valence-electron chi connectivity index (χ1n) is 8.07. The van der Waals surface area contributed by atoms with E-state index in [9.17, 15) is 20.4 Å². The van der Waals surface area contributed by atoms with Gasteiger partial charge in [-0.3, -0.25) is 4.90 Å². The van der Waals surface area contributed by atoms with Crippen molar-refractivity contribution in [1.29, 1.82) is 0 Å². The van der Waals surface area contributed by atoms with E-state index in [1.165, 1.54) is 4.90 Å². The van der Waals surface area contributed by atoms with Gasteiger partial charge in [-0.25, -0.2) is 4.98 Å². The van der Waals surface area contributed by atoms with Gasteiger partial charge in [0.25, 0.3) is 0 Å². The number of rotatable bonds is 7. The smallest absolute Gasteiger partial charge is 0.232 e. The molecular formula is C15H26N4O4. The Morgan fingerprint density at radius 2 is 1.57 bits per heavy atom. The Morgan fingerprint density at radius 3 is 2.09 bits per heavy atom. The van der Waals surface area contributed by atoms with Crippen molar-refractivity contribution in [2.45, 2.75) is 44.4 Å². The maximum atomic E-state index is 9.39. The van der Waals surface area contributed by atoms with Crippen LogP contribution in [0, 0.1) is 5.92 Å². The van der Waals surface area contributed by atoms with E-state index in [4.69, 9.17) is 0 Å². The summed E-state index contributed by atoms with van der Waals surface area (Å²) in [5.41, 5.74) is 0. The Balaban J connectivity index is 2.35. The molecule has 8 heteroatoms. The van der Waals surface area contributed by atoms with E-state index in [0.717, 1.165) is 25.7 Å². The van der Waals surface area contributed by atoms with Gasteiger partial charge in [0, 0.05) is 5.92 Å². The second kappa shape index (κ2) is 8.49. The minimum atomic E-state index is -0.600. The van der Waals surface area contributed by atoms with Gasteiger partial charge in [0.15, 0.2) is 0 Å². The van der Waals surface area contributed by atoms with Crippen LogP contribution in [-0.2, 0) is 0 Å². The van der Waals surface area contributed by atoms with Crippen molar-refractivity contribution in [3.8, 4) is 0 Å². The molecule has 4 N–H and O–H groups in total. The fourth-order valence-corrected chi connectivity index (χ4v) is 2.81. The first-order valence-corrected chi connectivity index (χ1v) is 8.07. The zero-order valence-corrected chi connectivity index (χ0v) is 13.5. The highest BCUT2D eigenvalue weighted by molar-refractivity contribution is 5.29. The molecule has 0 unspecified atom stereocenters. The number of aliphatic hydroxyl groups excluding tert-OH is 4. The summed E-state index contributed by atoms with van der Waals surface area (Å²) in [5.74, 6) is 1.36. The van der Waals surface area contributed by atoms with Crippen LogP contribution >= 0.6 is 0 Å². The Bertz CT molecular complexity index is 456. The maximum absolute atomic E-state index is 9.39. The zero-order valence-electron chi connectivity index (χ0n) is 13.5. The van der Waals surface area contributed by atoms with E-state index in [-0.39, 0.29) is 25.1 Å². The average Bonchev–Trinajstić information content (AvgIpc) is 2.57. The van der Waals surface area contributed by atoms with Gasteiger partial charge in [-0.1, -0.05) is 19.8 Å². The summed E-state index contributed by atoms with van der Waals surface area (Å²) in [6, 6.07) is 0. The molecule has 0 atom stereocenters. The number of aliphatic hydroxyl groups is 4. The van der Waals surface area contributed by atoms with Gasteiger partial charge in [0.05, 0.1) is 19.1 Å². The average molecular weight is 326 g/mol. The Morgan fingerprint density at radius 1 is 0.957 bits per heavy atom. The van der Waals surface area contributed by atoms with Crippen molar-refractivity contribution in [2.75, 3.05) is 31.6 Å². The summed E-state index contributed by atoms with van der Waals surface area (Å²) in [4.78, 5) is 14.2. The second-order valence-electron chi connectivity index (χ2n) is 6.19. The molecule has 0 saturated heterocycles.